The third-order valence-electron chi connectivity index (χ3n) is 4.87. The Morgan fingerprint density at radius 3 is 2.33 bits per heavy atom. The first-order valence-corrected chi connectivity index (χ1v) is 11.6. The summed E-state index contributed by atoms with van der Waals surface area (Å²) in [6, 6.07) is 0. The van der Waals surface area contributed by atoms with E-state index in [1.807, 2.05) is 13.8 Å². The van der Waals surface area contributed by atoms with Crippen LogP contribution in [0.3, 0.4) is 0 Å². The zero-order chi connectivity index (χ0) is 25.1. The molecule has 0 radical (unpaired) electrons. The molecular formula is C21H34N2O9S. The number of amides is 2. The molecular weight excluding hydrogens is 456 g/mol. The van der Waals surface area contributed by atoms with Crippen molar-refractivity contribution in [3.05, 3.63) is 0 Å². The summed E-state index contributed by atoms with van der Waals surface area (Å²) in [5.74, 6) is -2.49. The molecule has 0 spiro atoms. The van der Waals surface area contributed by atoms with E-state index in [2.05, 4.69) is 15.4 Å². The lowest BCUT2D eigenvalue weighted by molar-refractivity contribution is -0.413. The lowest BCUT2D eigenvalue weighted by Gasteiger charge is -2.44. The second-order valence-corrected chi connectivity index (χ2v) is 9.40. The minimum absolute atomic E-state index is 0.0394. The summed E-state index contributed by atoms with van der Waals surface area (Å²) < 4.78 is 20.8. The highest BCUT2D eigenvalue weighted by Crippen LogP contribution is 2.35. The van der Waals surface area contributed by atoms with E-state index in [0.29, 0.717) is 5.75 Å². The van der Waals surface area contributed by atoms with Crippen molar-refractivity contribution < 1.29 is 42.9 Å². The third kappa shape index (κ3) is 10.6. The second kappa shape index (κ2) is 13.6. The minimum atomic E-state index is -1.31. The first kappa shape index (κ1) is 29.0. The largest absolute Gasteiger partial charge is 0.469 e. The normalized spacial score (nSPS) is 21.7. The van der Waals surface area contributed by atoms with Crippen LogP contribution < -0.4 is 10.6 Å². The first-order chi connectivity index (χ1) is 15.4. The minimum Gasteiger partial charge on any atom is -0.469 e. The zero-order valence-electron chi connectivity index (χ0n) is 19.8. The Morgan fingerprint density at radius 1 is 1.00 bits per heavy atom. The maximum absolute atomic E-state index is 12.6. The number of carbonyl (C=O) groups excluding carboxylic acids is 5. The number of methoxy groups -OCH3 is 2. The number of ether oxygens (including phenoxy) is 4. The molecule has 1 fully saturated rings. The Balaban J connectivity index is 2.23. The molecule has 1 saturated heterocycles. The predicted octanol–water partition coefficient (Wildman–Crippen LogP) is 0.543. The molecule has 1 unspecified atom stereocenters. The van der Waals surface area contributed by atoms with E-state index < -0.39 is 23.5 Å². The number of nitrogens with one attached hydrogen (secondary N) is 2. The van der Waals surface area contributed by atoms with Crippen LogP contribution in [-0.2, 0) is 42.9 Å². The van der Waals surface area contributed by atoms with E-state index in [0.717, 1.165) is 11.8 Å². The Labute approximate surface area is 198 Å². The molecule has 12 heteroatoms. The molecule has 0 saturated carbocycles. The van der Waals surface area contributed by atoms with Gasteiger partial charge in [-0.3, -0.25) is 24.0 Å². The number of hydrogen-bond donors (Lipinski definition) is 2. The van der Waals surface area contributed by atoms with Gasteiger partial charge < -0.3 is 29.6 Å². The van der Waals surface area contributed by atoms with Gasteiger partial charge in [0.25, 0.3) is 5.97 Å². The Bertz CT molecular complexity index is 729. The summed E-state index contributed by atoms with van der Waals surface area (Å²) in [6.45, 7) is 5.88. The Hall–Kier alpha value is -2.02. The summed E-state index contributed by atoms with van der Waals surface area (Å²) in [4.78, 5) is 58.9. The van der Waals surface area contributed by atoms with E-state index in [-0.39, 0.29) is 68.1 Å². The molecule has 1 aliphatic heterocycles. The van der Waals surface area contributed by atoms with Crippen molar-refractivity contribution in [2.24, 2.45) is 5.41 Å². The molecule has 2 N–H and O–H groups in total. The van der Waals surface area contributed by atoms with Crippen molar-refractivity contribution in [1.82, 2.24) is 10.6 Å². The van der Waals surface area contributed by atoms with Gasteiger partial charge in [0.05, 0.1) is 26.6 Å². The van der Waals surface area contributed by atoms with Gasteiger partial charge in [-0.15, -0.1) is 0 Å². The van der Waals surface area contributed by atoms with Crippen LogP contribution >= 0.6 is 11.8 Å². The number of ketones is 1. The van der Waals surface area contributed by atoms with Gasteiger partial charge in [0.1, 0.15) is 11.9 Å². The van der Waals surface area contributed by atoms with Crippen molar-refractivity contribution in [2.75, 3.05) is 39.7 Å². The van der Waals surface area contributed by atoms with Crippen molar-refractivity contribution in [2.45, 2.75) is 58.5 Å². The van der Waals surface area contributed by atoms with Crippen LogP contribution in [0.1, 0.15) is 46.5 Å². The van der Waals surface area contributed by atoms with Gasteiger partial charge in [0, 0.05) is 51.1 Å². The van der Waals surface area contributed by atoms with Crippen LogP contribution in [-0.4, -0.2) is 80.4 Å². The zero-order valence-corrected chi connectivity index (χ0v) is 20.6. The lowest BCUT2D eigenvalue weighted by Crippen LogP contribution is -2.58. The smallest absolute Gasteiger partial charge is 0.305 e. The molecule has 0 aromatic carbocycles. The van der Waals surface area contributed by atoms with Gasteiger partial charge in [-0.05, 0) is 0 Å². The molecule has 0 aromatic heterocycles. The number of esters is 1. The highest BCUT2D eigenvalue weighted by Gasteiger charge is 2.48. The van der Waals surface area contributed by atoms with Gasteiger partial charge in [0.2, 0.25) is 11.8 Å². The quantitative estimate of drug-likeness (QED) is 0.213. The maximum atomic E-state index is 12.6. The van der Waals surface area contributed by atoms with E-state index in [9.17, 15) is 24.0 Å². The molecule has 2 amide bonds. The molecule has 2 atom stereocenters. The molecule has 1 aliphatic rings. The highest BCUT2D eigenvalue weighted by atomic mass is 32.2. The van der Waals surface area contributed by atoms with Gasteiger partial charge in [-0.2, -0.15) is 0 Å². The number of thioether (sulfide) groups is 1. The van der Waals surface area contributed by atoms with Gasteiger partial charge >= 0.3 is 5.97 Å². The predicted molar refractivity (Wildman–Crippen MR) is 119 cm³/mol. The second-order valence-electron chi connectivity index (χ2n) is 8.24. The maximum Gasteiger partial charge on any atom is 0.305 e. The number of carbonyl (C=O) groups is 5. The highest BCUT2D eigenvalue weighted by molar-refractivity contribution is 8.13. The van der Waals surface area contributed by atoms with Crippen LogP contribution in [0.4, 0.5) is 0 Å². The van der Waals surface area contributed by atoms with E-state index in [1.165, 1.54) is 14.2 Å². The van der Waals surface area contributed by atoms with E-state index in [4.69, 9.17) is 14.2 Å². The fourth-order valence-corrected chi connectivity index (χ4v) is 3.49. The topological polar surface area (TPSA) is 146 Å². The van der Waals surface area contributed by atoms with Gasteiger partial charge in [-0.25, -0.2) is 0 Å². The van der Waals surface area contributed by atoms with Gasteiger partial charge in [0.15, 0.2) is 5.12 Å². The average Bonchev–Trinajstić information content (AvgIpc) is 2.76. The fourth-order valence-electron chi connectivity index (χ4n) is 2.80. The molecule has 33 heavy (non-hydrogen) atoms. The summed E-state index contributed by atoms with van der Waals surface area (Å²) in [5, 5.41) is 5.01. The molecule has 1 rings (SSSR count). The van der Waals surface area contributed by atoms with Crippen molar-refractivity contribution >= 4 is 40.4 Å². The van der Waals surface area contributed by atoms with Crippen LogP contribution in [0.25, 0.3) is 0 Å². The molecule has 11 nitrogen and oxygen atoms in total. The summed E-state index contributed by atoms with van der Waals surface area (Å²) in [7, 11) is 2.65. The summed E-state index contributed by atoms with van der Waals surface area (Å²) in [5.41, 5.74) is -0.575. The Kier molecular flexibility index (Phi) is 12.0. The Morgan fingerprint density at radius 2 is 1.70 bits per heavy atom. The first-order valence-electron chi connectivity index (χ1n) is 10.6. The molecule has 0 bridgehead atoms. The van der Waals surface area contributed by atoms with E-state index in [1.54, 1.807) is 6.92 Å². The van der Waals surface area contributed by atoms with Crippen molar-refractivity contribution in [1.29, 1.82) is 0 Å². The number of hydrogen-bond acceptors (Lipinski definition) is 10. The van der Waals surface area contributed by atoms with Crippen LogP contribution in [0, 0.1) is 5.41 Å². The summed E-state index contributed by atoms with van der Waals surface area (Å²) >= 11 is 0.935. The molecule has 188 valence electrons. The molecule has 0 aromatic rings. The number of Topliss-reactive ketones (excluding diaryl/α,β-unsaturated/α-hetero) is 1. The molecule has 1 heterocycles. The lowest BCUT2D eigenvalue weighted by atomic mass is 9.86. The monoisotopic (exact) mass is 490 g/mol. The number of rotatable bonds is 13. The SMILES string of the molecule is COC(=O)CCC(=O)CC(=O)SCCNC(=O)CCNC(=O)[C@@H]1OC(C)(OC)OCC1(C)C. The van der Waals surface area contributed by atoms with Crippen LogP contribution in [0.5, 0.6) is 0 Å². The third-order valence-corrected chi connectivity index (χ3v) is 5.75. The van der Waals surface area contributed by atoms with Crippen molar-refractivity contribution in [3.8, 4) is 0 Å². The summed E-state index contributed by atoms with van der Waals surface area (Å²) in [6.07, 6.45) is -1.11. The fraction of sp³-hybridized carbons (Fsp3) is 0.762. The van der Waals surface area contributed by atoms with Crippen LogP contribution in [0.2, 0.25) is 0 Å². The van der Waals surface area contributed by atoms with Crippen molar-refractivity contribution in [3.63, 3.8) is 0 Å². The van der Waals surface area contributed by atoms with Crippen LogP contribution in [0.15, 0.2) is 0 Å². The standard InChI is InChI=1S/C21H34N2O9S/c1-20(2)13-31-21(3,30-5)32-18(20)19(28)23-9-8-15(25)22-10-11-33-17(27)12-14(24)6-7-16(26)29-4/h18H,6-13H2,1-5H3,(H,22,25)(H,23,28)/t18-,21?/m0/s1. The average molecular weight is 491 g/mol. The molecule has 0 aliphatic carbocycles. The van der Waals surface area contributed by atoms with E-state index >= 15 is 0 Å². The van der Waals surface area contributed by atoms with Gasteiger partial charge in [-0.1, -0.05) is 25.6 Å².